The fourth-order valence-corrected chi connectivity index (χ4v) is 16.2. The van der Waals surface area contributed by atoms with E-state index in [9.17, 15) is 43.0 Å². The van der Waals surface area contributed by atoms with Gasteiger partial charge in [0.15, 0.2) is 23.8 Å². The van der Waals surface area contributed by atoms with Gasteiger partial charge in [0.05, 0.1) is 12.9 Å². The number of rotatable bonds is 19. The number of benzene rings is 3. The third kappa shape index (κ3) is 12.1. The van der Waals surface area contributed by atoms with Crippen molar-refractivity contribution in [3.05, 3.63) is 110 Å². The molecule has 0 radical (unpaired) electrons. The number of ether oxygens (including phenoxy) is 2. The molecule has 1 aliphatic carbocycles. The second-order valence-corrected chi connectivity index (χ2v) is 27.6. The lowest BCUT2D eigenvalue weighted by molar-refractivity contribution is -0.121. The van der Waals surface area contributed by atoms with Crippen molar-refractivity contribution < 1.29 is 75.4 Å². The SMILES string of the molecule is CCN1c2cc3c(cc2C(C)CC1(C)C)C(c1ccccc1C(=O)N(C)CCCC(=O)NCCNC(=O)O[C@@H]1[C@H](O)[C@@H](COP(=O)(O)OP(=O)(O)OP(=O)(O)O)O[C@H]1n1cnc2c(N)ncnc21)=c1cc2c4c(c1C3(C)C)CCC[N+]=4CCC2. The molecule has 5 aromatic rings. The molecule has 1 saturated heterocycles. The molecule has 452 valence electrons. The highest BCUT2D eigenvalue weighted by atomic mass is 31.3. The quantitative estimate of drug-likeness (QED) is 0.0327. The number of aryl methyl sites for hydroxylation is 1. The van der Waals surface area contributed by atoms with E-state index in [1.54, 1.807) is 11.9 Å². The first-order valence-electron chi connectivity index (χ1n) is 28.0. The van der Waals surface area contributed by atoms with E-state index < -0.39 is 60.7 Å². The van der Waals surface area contributed by atoms with Crippen LogP contribution in [0.15, 0.2) is 55.1 Å². The maximum absolute atomic E-state index is 14.9. The van der Waals surface area contributed by atoms with Gasteiger partial charge < -0.3 is 60.3 Å². The van der Waals surface area contributed by atoms with Gasteiger partial charge in [0.2, 0.25) is 11.3 Å². The van der Waals surface area contributed by atoms with Crippen LogP contribution in [-0.4, -0.2) is 144 Å². The van der Waals surface area contributed by atoms with Gasteiger partial charge in [-0.3, -0.25) is 18.7 Å². The molecule has 2 aromatic heterocycles. The summed E-state index contributed by atoms with van der Waals surface area (Å²) < 4.78 is 62.9. The van der Waals surface area contributed by atoms with Crippen LogP contribution >= 0.6 is 23.5 Å². The first-order valence-corrected chi connectivity index (χ1v) is 32.5. The highest BCUT2D eigenvalue weighted by Crippen LogP contribution is 2.66. The summed E-state index contributed by atoms with van der Waals surface area (Å²) in [5, 5.41) is 19.1. The second kappa shape index (κ2) is 23.4. The van der Waals surface area contributed by atoms with Gasteiger partial charge in [-0.25, -0.2) is 38.0 Å². The molecule has 0 bridgehead atoms. The number of amides is 3. The molecule has 84 heavy (non-hydrogen) atoms. The van der Waals surface area contributed by atoms with Crippen LogP contribution in [0.1, 0.15) is 135 Å². The van der Waals surface area contributed by atoms with Crippen LogP contribution < -0.4 is 36.4 Å². The Hall–Kier alpha value is -5.98. The number of fused-ring (bicyclic) bond motifs is 5. The predicted octanol–water partition coefficient (Wildman–Crippen LogP) is 4.16. The van der Waals surface area contributed by atoms with E-state index in [0.717, 1.165) is 74.8 Å². The molecule has 3 unspecified atom stereocenters. The number of phosphoric ester groups is 1. The summed E-state index contributed by atoms with van der Waals surface area (Å²) in [5.74, 6) is -0.239. The topological polar surface area (TPSA) is 353 Å². The Balaban J connectivity index is 0.804. The number of carbonyl (C=O) groups is 3. The lowest BCUT2D eigenvalue weighted by Crippen LogP contribution is -2.50. The van der Waals surface area contributed by atoms with Crippen LogP contribution in [0.3, 0.4) is 0 Å². The van der Waals surface area contributed by atoms with Crippen LogP contribution in [0.4, 0.5) is 16.3 Å². The minimum atomic E-state index is -5.87. The molecule has 6 heterocycles. The van der Waals surface area contributed by atoms with Crippen LogP contribution in [0.25, 0.3) is 16.7 Å². The molecule has 5 aliphatic rings. The Bertz CT molecular complexity index is 3740. The molecule has 3 aromatic carbocycles. The monoisotopic (exact) mass is 1220 g/mol. The summed E-state index contributed by atoms with van der Waals surface area (Å²) in [4.78, 5) is 95.0. The van der Waals surface area contributed by atoms with Crippen LogP contribution in [0.2, 0.25) is 0 Å². The van der Waals surface area contributed by atoms with E-state index in [1.807, 2.05) is 18.2 Å². The fourth-order valence-electron chi connectivity index (χ4n) is 13.2. The number of carbonyl (C=O) groups excluding carboxylic acids is 3. The van der Waals surface area contributed by atoms with E-state index >= 15 is 0 Å². The van der Waals surface area contributed by atoms with Gasteiger partial charge in [-0.05, 0) is 115 Å². The normalized spacial score (nSPS) is 22.7. The van der Waals surface area contributed by atoms with Crippen molar-refractivity contribution >= 4 is 69.6 Å². The number of aliphatic hydroxyl groups excluding tert-OH is 1. The highest BCUT2D eigenvalue weighted by molar-refractivity contribution is 7.66. The average Bonchev–Trinajstić information content (AvgIpc) is 0.898. The summed E-state index contributed by atoms with van der Waals surface area (Å²) in [7, 11) is -15.5. The molecule has 0 spiro atoms. The first kappa shape index (κ1) is 61.1. The molecule has 1 fully saturated rings. The molecule has 3 amide bonds. The Morgan fingerprint density at radius 1 is 0.940 bits per heavy atom. The maximum Gasteiger partial charge on any atom is 0.490 e. The Kier molecular flexibility index (Phi) is 17.0. The van der Waals surface area contributed by atoms with Gasteiger partial charge >= 0.3 is 29.6 Å². The van der Waals surface area contributed by atoms with Gasteiger partial charge in [-0.1, -0.05) is 39.0 Å². The maximum atomic E-state index is 14.9. The van der Waals surface area contributed by atoms with E-state index in [2.05, 4.69) is 114 Å². The Morgan fingerprint density at radius 2 is 1.67 bits per heavy atom. The van der Waals surface area contributed by atoms with Crippen molar-refractivity contribution in [1.29, 1.82) is 0 Å². The molecule has 4 aliphatic heterocycles. The van der Waals surface area contributed by atoms with Crippen molar-refractivity contribution in [3.63, 3.8) is 0 Å². The summed E-state index contributed by atoms with van der Waals surface area (Å²) >= 11 is 0. The Labute approximate surface area is 484 Å². The van der Waals surface area contributed by atoms with E-state index in [0.29, 0.717) is 17.9 Å². The van der Waals surface area contributed by atoms with Gasteiger partial charge in [0.25, 0.3) is 5.91 Å². The molecule has 10 rings (SSSR count). The first-order chi connectivity index (χ1) is 39.6. The number of nitrogens with two attached hydrogens (primary N) is 1. The molecular weight excluding hydrogens is 1150 g/mol. The van der Waals surface area contributed by atoms with Gasteiger partial charge in [-0.2, -0.15) is 8.62 Å². The zero-order valence-corrected chi connectivity index (χ0v) is 50.4. The minimum absolute atomic E-state index is 0.0232. The fraction of sp³-hybridized carbons (Fsp3) is 0.509. The van der Waals surface area contributed by atoms with Crippen molar-refractivity contribution in [2.45, 2.75) is 128 Å². The van der Waals surface area contributed by atoms with E-state index in [-0.39, 0.29) is 65.8 Å². The summed E-state index contributed by atoms with van der Waals surface area (Å²) in [5.41, 5.74) is 17.4. The van der Waals surface area contributed by atoms with Gasteiger partial charge in [0, 0.05) is 85.8 Å². The number of aliphatic hydroxyl groups is 1. The highest BCUT2D eigenvalue weighted by Gasteiger charge is 2.50. The molecule has 0 saturated carbocycles. The summed E-state index contributed by atoms with van der Waals surface area (Å²) in [6.07, 6.45) is 0.161. The summed E-state index contributed by atoms with van der Waals surface area (Å²) in [6.45, 7) is 16.0. The minimum Gasteiger partial charge on any atom is -0.439 e. The number of hydrogen-bond donors (Lipinski definition) is 8. The van der Waals surface area contributed by atoms with E-state index in [1.165, 1.54) is 55.0 Å². The zero-order chi connectivity index (χ0) is 60.4. The largest absolute Gasteiger partial charge is 0.490 e. The smallest absolute Gasteiger partial charge is 0.439 e. The van der Waals surface area contributed by atoms with Crippen LogP contribution in [0, 0.1) is 0 Å². The molecule has 26 nitrogen and oxygen atoms in total. The predicted molar refractivity (Wildman–Crippen MR) is 307 cm³/mol. The van der Waals surface area contributed by atoms with E-state index in [4.69, 9.17) is 25.0 Å². The standard InChI is InChI=1S/C55H71N10O16P3/c1-8-65-40-26-39-37(25-36(40)31(2)27-54(65,3)4)43(38-24-32-14-11-22-63-23-12-17-35(46(32)63)44(38)55(39,5)6)33-15-9-10-16-34(33)51(68)62(7)21-13-18-42(66)57-19-20-58-53(69)79-48-47(67)41(28-77-83(73,74)81-84(75,76)80-82(70,71)72)78-52(48)64-30-61-45-49(56)59-29-60-50(45)64/h9-10,15-16,24-26,29-31,41,47-48,52,67H,8,11-14,17-23,27-28H2,1-7H3,(H7-,56,57,58,59,60,66,69,70,71,72,73,74,75,76)/p+1/t31?,41-,47-,48-,52-/m1/s1. The third-order valence-corrected chi connectivity index (χ3v) is 20.4. The molecule has 7 atom stereocenters. The molecular formula is C55H72N10O16P3+. The number of hydrogen-bond acceptors (Lipinski definition) is 17. The second-order valence-electron chi connectivity index (χ2n) is 23.1. The number of nitrogens with one attached hydrogen (secondary N) is 2. The number of alkyl carbamates (subject to hydrolysis) is 1. The number of nitrogen functional groups attached to an aromatic ring is 1. The third-order valence-electron chi connectivity index (χ3n) is 16.6. The lowest BCUT2D eigenvalue weighted by atomic mass is 9.64. The van der Waals surface area contributed by atoms with Gasteiger partial charge in [-0.15, -0.1) is 0 Å². The number of phosphoric acid groups is 3. The van der Waals surface area contributed by atoms with Crippen LogP contribution in [-0.2, 0) is 59.4 Å². The lowest BCUT2D eigenvalue weighted by Gasteiger charge is -2.48. The number of aromatic nitrogens is 4. The van der Waals surface area contributed by atoms with Crippen molar-refractivity contribution in [1.82, 2.24) is 39.6 Å². The molecule has 9 N–H and O–H groups in total. The van der Waals surface area contributed by atoms with Crippen molar-refractivity contribution in [2.75, 3.05) is 63.6 Å². The van der Waals surface area contributed by atoms with Crippen molar-refractivity contribution in [3.8, 4) is 0 Å². The number of imidazole rings is 1. The van der Waals surface area contributed by atoms with Gasteiger partial charge in [0.1, 0.15) is 37.1 Å². The zero-order valence-electron chi connectivity index (χ0n) is 47.8. The van der Waals surface area contributed by atoms with Crippen molar-refractivity contribution in [2.24, 2.45) is 0 Å². The Morgan fingerprint density at radius 3 is 2.40 bits per heavy atom. The van der Waals surface area contributed by atoms with Crippen LogP contribution in [0.5, 0.6) is 0 Å². The summed E-state index contributed by atoms with van der Waals surface area (Å²) in [6, 6.07) is 15.2. The number of anilines is 2. The average molecular weight is 1220 g/mol. The number of nitrogens with zero attached hydrogens (tertiary/aromatic N) is 7. The molecule has 29 heteroatoms.